The summed E-state index contributed by atoms with van der Waals surface area (Å²) in [6.07, 6.45) is 6.15. The number of aromatic nitrogens is 3. The maximum atomic E-state index is 12.3. The molecule has 8 heteroatoms. The number of nitrogens with one attached hydrogen (secondary N) is 2. The number of nitrogen functional groups attached to an aromatic ring is 1. The Morgan fingerprint density at radius 1 is 0.757 bits per heavy atom. The summed E-state index contributed by atoms with van der Waals surface area (Å²) in [6.45, 7) is 0.665. The zero-order valence-electron chi connectivity index (χ0n) is 20.8. The summed E-state index contributed by atoms with van der Waals surface area (Å²) in [5.41, 5.74) is 10.7. The fourth-order valence-corrected chi connectivity index (χ4v) is 3.97. The van der Waals surface area contributed by atoms with Crippen molar-refractivity contribution in [2.45, 2.75) is 45.1 Å². The van der Waals surface area contributed by atoms with Crippen LogP contribution in [0.1, 0.15) is 44.1 Å². The van der Waals surface area contributed by atoms with Gasteiger partial charge in [-0.3, -0.25) is 9.59 Å². The lowest BCUT2D eigenvalue weighted by Gasteiger charge is -2.08. The second kappa shape index (κ2) is 13.0. The topological polar surface area (TPSA) is 115 Å². The van der Waals surface area contributed by atoms with Gasteiger partial charge in [0.05, 0.1) is 24.1 Å². The van der Waals surface area contributed by atoms with E-state index in [0.717, 1.165) is 48.2 Å². The Bertz CT molecular complexity index is 1300. The number of rotatable bonds is 12. The van der Waals surface area contributed by atoms with Crippen LogP contribution >= 0.6 is 0 Å². The highest BCUT2D eigenvalue weighted by Gasteiger charge is 2.08. The van der Waals surface area contributed by atoms with Gasteiger partial charge in [-0.1, -0.05) is 72.7 Å². The summed E-state index contributed by atoms with van der Waals surface area (Å²) in [5, 5.41) is 14.3. The highest BCUT2D eigenvalue weighted by atomic mass is 16.2. The molecule has 0 spiro atoms. The first-order valence-electron chi connectivity index (χ1n) is 12.6. The van der Waals surface area contributed by atoms with Gasteiger partial charge in [-0.15, -0.1) is 5.10 Å². The number of amides is 2. The number of anilines is 3. The molecule has 2 amide bonds. The van der Waals surface area contributed by atoms with E-state index in [-0.39, 0.29) is 11.8 Å². The van der Waals surface area contributed by atoms with E-state index in [4.69, 9.17) is 5.73 Å². The SMILES string of the molecule is Nc1ccccc1NC(=O)CCCCCCC(=O)Nc1ccc(-c2cn(Cc3ccccc3)nn2)cc1. The van der Waals surface area contributed by atoms with E-state index in [2.05, 4.69) is 33.1 Å². The number of carbonyl (C=O) groups excluding carboxylic acids is 2. The molecule has 0 unspecified atom stereocenters. The van der Waals surface area contributed by atoms with Crippen LogP contribution in [-0.2, 0) is 16.1 Å². The van der Waals surface area contributed by atoms with Crippen LogP contribution in [0.5, 0.6) is 0 Å². The molecule has 0 aliphatic carbocycles. The lowest BCUT2D eigenvalue weighted by Crippen LogP contribution is -2.12. The number of hydrogen-bond donors (Lipinski definition) is 3. The normalized spacial score (nSPS) is 10.7. The number of hydrogen-bond acceptors (Lipinski definition) is 5. The van der Waals surface area contributed by atoms with Crippen molar-refractivity contribution in [1.82, 2.24) is 15.0 Å². The predicted molar refractivity (Wildman–Crippen MR) is 147 cm³/mol. The molecule has 1 heterocycles. The minimum absolute atomic E-state index is 0.0150. The van der Waals surface area contributed by atoms with Crippen molar-refractivity contribution in [2.75, 3.05) is 16.4 Å². The molecular formula is C29H32N6O2. The quantitative estimate of drug-likeness (QED) is 0.177. The van der Waals surface area contributed by atoms with Gasteiger partial charge in [-0.25, -0.2) is 4.68 Å². The molecule has 0 bridgehead atoms. The molecule has 0 aliphatic heterocycles. The predicted octanol–water partition coefficient (Wildman–Crippen LogP) is 5.49. The minimum Gasteiger partial charge on any atom is -0.397 e. The van der Waals surface area contributed by atoms with Crippen molar-refractivity contribution < 1.29 is 9.59 Å². The molecule has 0 aliphatic rings. The Kier molecular flexibility index (Phi) is 9.02. The second-order valence-corrected chi connectivity index (χ2v) is 8.96. The molecule has 8 nitrogen and oxygen atoms in total. The molecule has 0 fully saturated rings. The molecular weight excluding hydrogens is 464 g/mol. The first-order valence-corrected chi connectivity index (χ1v) is 12.6. The zero-order chi connectivity index (χ0) is 25.9. The van der Waals surface area contributed by atoms with Crippen molar-refractivity contribution in [1.29, 1.82) is 0 Å². The molecule has 3 aromatic carbocycles. The largest absolute Gasteiger partial charge is 0.397 e. The monoisotopic (exact) mass is 496 g/mol. The Morgan fingerprint density at radius 3 is 2.11 bits per heavy atom. The van der Waals surface area contributed by atoms with Gasteiger partial charge >= 0.3 is 0 Å². The lowest BCUT2D eigenvalue weighted by atomic mass is 10.1. The van der Waals surface area contributed by atoms with E-state index in [9.17, 15) is 9.59 Å². The number of nitrogens with zero attached hydrogens (tertiary/aromatic N) is 3. The second-order valence-electron chi connectivity index (χ2n) is 8.96. The summed E-state index contributed by atoms with van der Waals surface area (Å²) >= 11 is 0. The molecule has 1 aromatic heterocycles. The third kappa shape index (κ3) is 8.03. The van der Waals surface area contributed by atoms with Crippen LogP contribution in [0, 0.1) is 0 Å². The molecule has 0 saturated heterocycles. The van der Waals surface area contributed by atoms with E-state index in [0.29, 0.717) is 30.8 Å². The maximum Gasteiger partial charge on any atom is 0.224 e. The van der Waals surface area contributed by atoms with E-state index in [1.807, 2.05) is 65.5 Å². The Labute approximate surface area is 216 Å². The summed E-state index contributed by atoms with van der Waals surface area (Å²) in [6, 6.07) is 24.9. The molecule has 4 aromatic rings. The Morgan fingerprint density at radius 2 is 1.41 bits per heavy atom. The van der Waals surface area contributed by atoms with Crippen molar-refractivity contribution in [3.05, 3.63) is 90.6 Å². The van der Waals surface area contributed by atoms with E-state index < -0.39 is 0 Å². The number of para-hydroxylation sites is 2. The first kappa shape index (κ1) is 25.6. The van der Waals surface area contributed by atoms with Crippen molar-refractivity contribution in [3.63, 3.8) is 0 Å². The average Bonchev–Trinajstić information content (AvgIpc) is 3.37. The van der Waals surface area contributed by atoms with Crippen LogP contribution in [0.2, 0.25) is 0 Å². The van der Waals surface area contributed by atoms with Crippen LogP contribution in [0.4, 0.5) is 17.1 Å². The van der Waals surface area contributed by atoms with Crippen LogP contribution in [0.3, 0.4) is 0 Å². The van der Waals surface area contributed by atoms with Gasteiger partial charge in [0.1, 0.15) is 5.69 Å². The average molecular weight is 497 g/mol. The molecule has 0 saturated carbocycles. The van der Waals surface area contributed by atoms with E-state index in [1.54, 1.807) is 12.1 Å². The minimum atomic E-state index is -0.0437. The van der Waals surface area contributed by atoms with Crippen molar-refractivity contribution >= 4 is 28.9 Å². The van der Waals surface area contributed by atoms with Gasteiger partial charge in [-0.05, 0) is 42.7 Å². The number of nitrogens with two attached hydrogens (primary N) is 1. The lowest BCUT2D eigenvalue weighted by molar-refractivity contribution is -0.117. The summed E-state index contributed by atoms with van der Waals surface area (Å²) in [7, 11) is 0. The summed E-state index contributed by atoms with van der Waals surface area (Å²) in [4.78, 5) is 24.4. The van der Waals surface area contributed by atoms with Gasteiger partial charge in [-0.2, -0.15) is 0 Å². The van der Waals surface area contributed by atoms with Crippen molar-refractivity contribution in [3.8, 4) is 11.3 Å². The van der Waals surface area contributed by atoms with Gasteiger partial charge in [0.15, 0.2) is 0 Å². The van der Waals surface area contributed by atoms with Crippen LogP contribution in [-0.4, -0.2) is 26.8 Å². The molecule has 4 rings (SSSR count). The molecule has 0 atom stereocenters. The van der Waals surface area contributed by atoms with Crippen molar-refractivity contribution in [2.24, 2.45) is 0 Å². The van der Waals surface area contributed by atoms with Gasteiger partial charge in [0, 0.05) is 24.1 Å². The number of benzene rings is 3. The zero-order valence-corrected chi connectivity index (χ0v) is 20.8. The van der Waals surface area contributed by atoms with Crippen LogP contribution in [0.15, 0.2) is 85.1 Å². The standard InChI is InChI=1S/C29H32N6O2/c30-25-12-8-9-13-26(25)32-29(37)15-7-2-1-6-14-28(36)31-24-18-16-23(17-19-24)27-21-35(34-33-27)20-22-10-4-3-5-11-22/h3-5,8-13,16-19,21H,1-2,6-7,14-15,20,30H2,(H,31,36)(H,32,37). The summed E-state index contributed by atoms with van der Waals surface area (Å²) < 4.78 is 1.81. The van der Waals surface area contributed by atoms with Gasteiger partial charge < -0.3 is 16.4 Å². The highest BCUT2D eigenvalue weighted by Crippen LogP contribution is 2.20. The first-order chi connectivity index (χ1) is 18.1. The van der Waals surface area contributed by atoms with E-state index >= 15 is 0 Å². The smallest absolute Gasteiger partial charge is 0.224 e. The van der Waals surface area contributed by atoms with Crippen LogP contribution in [0.25, 0.3) is 11.3 Å². The number of unbranched alkanes of at least 4 members (excludes halogenated alkanes) is 3. The third-order valence-electron chi connectivity index (χ3n) is 5.98. The molecule has 4 N–H and O–H groups in total. The maximum absolute atomic E-state index is 12.3. The highest BCUT2D eigenvalue weighted by molar-refractivity contribution is 5.93. The Hall–Kier alpha value is -4.46. The van der Waals surface area contributed by atoms with Gasteiger partial charge in [0.2, 0.25) is 11.8 Å². The van der Waals surface area contributed by atoms with E-state index in [1.165, 1.54) is 0 Å². The van der Waals surface area contributed by atoms with Crippen LogP contribution < -0.4 is 16.4 Å². The fourth-order valence-electron chi connectivity index (χ4n) is 3.97. The molecule has 0 radical (unpaired) electrons. The Balaban J connectivity index is 1.12. The molecule has 190 valence electrons. The number of carbonyl (C=O) groups is 2. The fraction of sp³-hybridized carbons (Fsp3) is 0.241. The third-order valence-corrected chi connectivity index (χ3v) is 5.98. The molecule has 37 heavy (non-hydrogen) atoms. The van der Waals surface area contributed by atoms with Gasteiger partial charge in [0.25, 0.3) is 0 Å². The summed E-state index contributed by atoms with van der Waals surface area (Å²) in [5.74, 6) is -0.0586.